The summed E-state index contributed by atoms with van der Waals surface area (Å²) in [6.07, 6.45) is 0. The number of benzene rings is 2. The minimum Gasteiger partial charge on any atom is -0.493 e. The van der Waals surface area contributed by atoms with Crippen molar-refractivity contribution in [1.82, 2.24) is 0 Å². The molecule has 2 aromatic carbocycles. The van der Waals surface area contributed by atoms with Gasteiger partial charge < -0.3 is 20.1 Å². The summed E-state index contributed by atoms with van der Waals surface area (Å²) >= 11 is 14.8. The second kappa shape index (κ2) is 7.67. The van der Waals surface area contributed by atoms with Gasteiger partial charge in [-0.15, -0.1) is 0 Å². The van der Waals surface area contributed by atoms with Gasteiger partial charge in [0.2, 0.25) is 0 Å². The van der Waals surface area contributed by atoms with Crippen molar-refractivity contribution in [2.45, 2.75) is 0 Å². The summed E-state index contributed by atoms with van der Waals surface area (Å²) in [5.41, 5.74) is 1.51. The summed E-state index contributed by atoms with van der Waals surface area (Å²) in [7, 11) is 3.17. The Morgan fingerprint density at radius 2 is 1.77 bits per heavy atom. The Kier molecular flexibility index (Phi) is 5.88. The molecule has 0 aliphatic rings. The third-order valence-corrected chi connectivity index (χ3v) is 3.83. The van der Waals surface area contributed by atoms with E-state index < -0.39 is 0 Å². The first kappa shape index (κ1) is 16.9. The Morgan fingerprint density at radius 1 is 1.05 bits per heavy atom. The first-order chi connectivity index (χ1) is 10.5. The average Bonchev–Trinajstić information content (AvgIpc) is 2.50. The molecule has 0 unspecified atom stereocenters. The Bertz CT molecular complexity index is 697. The lowest BCUT2D eigenvalue weighted by Gasteiger charge is -2.14. The molecule has 116 valence electrons. The molecule has 0 fully saturated rings. The summed E-state index contributed by atoms with van der Waals surface area (Å²) in [6.45, 7) is 0. The number of nitrogens with one attached hydrogen (secondary N) is 2. The van der Waals surface area contributed by atoms with Gasteiger partial charge in [-0.1, -0.05) is 27.5 Å². The molecule has 0 aliphatic heterocycles. The molecular formula is C15H14BrClN2O2S. The molecule has 0 bridgehead atoms. The Morgan fingerprint density at radius 3 is 2.41 bits per heavy atom. The third-order valence-electron chi connectivity index (χ3n) is 2.82. The lowest BCUT2D eigenvalue weighted by atomic mass is 10.2. The van der Waals surface area contributed by atoms with Crippen LogP contribution in [0.15, 0.2) is 40.9 Å². The van der Waals surface area contributed by atoms with Crippen molar-refractivity contribution < 1.29 is 9.47 Å². The van der Waals surface area contributed by atoms with Crippen LogP contribution in [0, 0.1) is 0 Å². The van der Waals surface area contributed by atoms with Gasteiger partial charge in [-0.3, -0.25) is 0 Å². The molecule has 0 radical (unpaired) electrons. The minimum absolute atomic E-state index is 0.427. The highest BCUT2D eigenvalue weighted by molar-refractivity contribution is 9.10. The SMILES string of the molecule is COc1ccc(NC(=S)Nc2ccc(Br)cc2Cl)cc1OC. The van der Waals surface area contributed by atoms with Crippen molar-refractivity contribution in [2.75, 3.05) is 24.9 Å². The molecule has 2 rings (SSSR count). The van der Waals surface area contributed by atoms with Crippen LogP contribution in [0.4, 0.5) is 11.4 Å². The van der Waals surface area contributed by atoms with Crippen LogP contribution in [0.5, 0.6) is 11.5 Å². The van der Waals surface area contributed by atoms with E-state index in [4.69, 9.17) is 33.3 Å². The van der Waals surface area contributed by atoms with E-state index in [0.717, 1.165) is 15.8 Å². The maximum absolute atomic E-state index is 6.15. The molecule has 7 heteroatoms. The molecule has 22 heavy (non-hydrogen) atoms. The van der Waals surface area contributed by atoms with Crippen LogP contribution in [-0.4, -0.2) is 19.3 Å². The van der Waals surface area contributed by atoms with E-state index >= 15 is 0 Å². The molecule has 0 aromatic heterocycles. The number of hydrogen-bond acceptors (Lipinski definition) is 3. The summed E-state index contributed by atoms with van der Waals surface area (Å²) in [6, 6.07) is 11.0. The van der Waals surface area contributed by atoms with Gasteiger partial charge in [0.1, 0.15) is 0 Å². The van der Waals surface area contributed by atoms with E-state index in [1.54, 1.807) is 32.4 Å². The summed E-state index contributed by atoms with van der Waals surface area (Å²) < 4.78 is 11.4. The van der Waals surface area contributed by atoms with Gasteiger partial charge in [0.15, 0.2) is 16.6 Å². The predicted octanol–water partition coefficient (Wildman–Crippen LogP) is 4.93. The van der Waals surface area contributed by atoms with Gasteiger partial charge in [-0.2, -0.15) is 0 Å². The number of rotatable bonds is 4. The van der Waals surface area contributed by atoms with Crippen LogP contribution < -0.4 is 20.1 Å². The zero-order valence-corrected chi connectivity index (χ0v) is 15.1. The fourth-order valence-corrected chi connectivity index (χ4v) is 2.74. The predicted molar refractivity (Wildman–Crippen MR) is 98.5 cm³/mol. The number of methoxy groups -OCH3 is 2. The fraction of sp³-hybridized carbons (Fsp3) is 0.133. The molecule has 0 spiro atoms. The highest BCUT2D eigenvalue weighted by atomic mass is 79.9. The van der Waals surface area contributed by atoms with Crippen molar-refractivity contribution in [3.8, 4) is 11.5 Å². The molecule has 0 saturated heterocycles. The topological polar surface area (TPSA) is 42.5 Å². The first-order valence-corrected chi connectivity index (χ1v) is 7.86. The molecule has 2 aromatic rings. The van der Waals surface area contributed by atoms with Crippen LogP contribution in [0.2, 0.25) is 5.02 Å². The maximum atomic E-state index is 6.15. The summed E-state index contributed by atoms with van der Waals surface area (Å²) in [5, 5.41) is 7.12. The lowest BCUT2D eigenvalue weighted by Crippen LogP contribution is -2.19. The van der Waals surface area contributed by atoms with Crippen LogP contribution in [0.1, 0.15) is 0 Å². The zero-order valence-electron chi connectivity index (χ0n) is 11.9. The van der Waals surface area contributed by atoms with Gasteiger partial charge in [0.25, 0.3) is 0 Å². The van der Waals surface area contributed by atoms with E-state index in [0.29, 0.717) is 21.6 Å². The highest BCUT2D eigenvalue weighted by Crippen LogP contribution is 2.30. The van der Waals surface area contributed by atoms with Gasteiger partial charge >= 0.3 is 0 Å². The fourth-order valence-electron chi connectivity index (χ4n) is 1.79. The molecule has 4 nitrogen and oxygen atoms in total. The smallest absolute Gasteiger partial charge is 0.175 e. The van der Waals surface area contributed by atoms with Crippen molar-refractivity contribution in [3.63, 3.8) is 0 Å². The number of halogens is 2. The summed E-state index contributed by atoms with van der Waals surface area (Å²) in [5.74, 6) is 1.28. The van der Waals surface area contributed by atoms with Crippen molar-refractivity contribution in [2.24, 2.45) is 0 Å². The number of thiocarbonyl (C=S) groups is 1. The van der Waals surface area contributed by atoms with Crippen molar-refractivity contribution in [3.05, 3.63) is 45.9 Å². The molecule has 0 amide bonds. The molecule has 0 heterocycles. The number of ether oxygens (including phenoxy) is 2. The largest absolute Gasteiger partial charge is 0.493 e. The molecule has 2 N–H and O–H groups in total. The monoisotopic (exact) mass is 400 g/mol. The van der Waals surface area contributed by atoms with E-state index in [9.17, 15) is 0 Å². The average molecular weight is 402 g/mol. The van der Waals surface area contributed by atoms with Crippen LogP contribution in [0.3, 0.4) is 0 Å². The normalized spacial score (nSPS) is 10.0. The standard InChI is InChI=1S/C15H14BrClN2O2S/c1-20-13-6-4-10(8-14(13)21-2)18-15(22)19-12-5-3-9(16)7-11(12)17/h3-8H,1-2H3,(H2,18,19,22). The van der Waals surface area contributed by atoms with Crippen molar-refractivity contribution >= 4 is 56.2 Å². The van der Waals surface area contributed by atoms with E-state index in [1.807, 2.05) is 18.2 Å². The van der Waals surface area contributed by atoms with Crippen LogP contribution in [0.25, 0.3) is 0 Å². The van der Waals surface area contributed by atoms with Crippen molar-refractivity contribution in [1.29, 1.82) is 0 Å². The maximum Gasteiger partial charge on any atom is 0.175 e. The van der Waals surface area contributed by atoms with Gasteiger partial charge in [-0.25, -0.2) is 0 Å². The lowest BCUT2D eigenvalue weighted by molar-refractivity contribution is 0.355. The second-order valence-corrected chi connectivity index (χ2v) is 6.00. The molecular weight excluding hydrogens is 388 g/mol. The van der Waals surface area contributed by atoms with E-state index in [1.165, 1.54) is 0 Å². The van der Waals surface area contributed by atoms with E-state index in [-0.39, 0.29) is 0 Å². The number of anilines is 2. The number of hydrogen-bond donors (Lipinski definition) is 2. The molecule has 0 atom stereocenters. The first-order valence-electron chi connectivity index (χ1n) is 6.28. The van der Waals surface area contributed by atoms with Gasteiger partial charge in [0, 0.05) is 16.2 Å². The Hall–Kier alpha value is -1.50. The third kappa shape index (κ3) is 4.25. The minimum atomic E-state index is 0.427. The molecule has 0 saturated carbocycles. The van der Waals surface area contributed by atoms with Crippen LogP contribution in [-0.2, 0) is 0 Å². The summed E-state index contributed by atoms with van der Waals surface area (Å²) in [4.78, 5) is 0. The van der Waals surface area contributed by atoms with Gasteiger partial charge in [0.05, 0.1) is 24.9 Å². The van der Waals surface area contributed by atoms with E-state index in [2.05, 4.69) is 26.6 Å². The Labute approximate surface area is 147 Å². The Balaban J connectivity index is 2.08. The quantitative estimate of drug-likeness (QED) is 0.711. The molecule has 0 aliphatic carbocycles. The zero-order chi connectivity index (χ0) is 16.1. The van der Waals surface area contributed by atoms with Gasteiger partial charge in [-0.05, 0) is 42.5 Å². The highest BCUT2D eigenvalue weighted by Gasteiger charge is 2.07. The second-order valence-electron chi connectivity index (χ2n) is 4.27. The van der Waals surface area contributed by atoms with Crippen LogP contribution >= 0.6 is 39.7 Å².